The van der Waals surface area contributed by atoms with E-state index in [0.29, 0.717) is 17.4 Å². The monoisotopic (exact) mass is 382 g/mol. The van der Waals surface area contributed by atoms with Crippen LogP contribution >= 0.6 is 0 Å². The van der Waals surface area contributed by atoms with Gasteiger partial charge in [0.15, 0.2) is 0 Å². The van der Waals surface area contributed by atoms with Gasteiger partial charge < -0.3 is 14.0 Å². The van der Waals surface area contributed by atoms with Gasteiger partial charge in [-0.1, -0.05) is 6.07 Å². The number of benzene rings is 1. The number of nitriles is 1. The third kappa shape index (κ3) is 3.80. The van der Waals surface area contributed by atoms with Gasteiger partial charge in [0, 0.05) is 17.9 Å². The van der Waals surface area contributed by atoms with Crippen LogP contribution in [0.2, 0.25) is 0 Å². The van der Waals surface area contributed by atoms with Crippen molar-refractivity contribution in [3.63, 3.8) is 0 Å². The first-order valence-electron chi connectivity index (χ1n) is 9.46. The fraction of sp³-hybridized carbons (Fsp3) is 0.524. The van der Waals surface area contributed by atoms with Gasteiger partial charge in [0.25, 0.3) is 0 Å². The van der Waals surface area contributed by atoms with Crippen LogP contribution in [0.3, 0.4) is 0 Å². The second kappa shape index (κ2) is 6.65. The summed E-state index contributed by atoms with van der Waals surface area (Å²) in [5.74, 6) is 0. The van der Waals surface area contributed by atoms with E-state index in [-0.39, 0.29) is 7.12 Å². The summed E-state index contributed by atoms with van der Waals surface area (Å²) < 4.78 is 19.0. The summed E-state index contributed by atoms with van der Waals surface area (Å²) in [4.78, 5) is 12.5. The van der Waals surface area contributed by atoms with Crippen molar-refractivity contribution in [3.8, 4) is 6.07 Å². The average Bonchev–Trinajstić information content (AvgIpc) is 3.03. The Kier molecular flexibility index (Phi) is 4.85. The molecule has 0 unspecified atom stereocenters. The molecule has 2 aromatic rings. The Morgan fingerprint density at radius 3 is 2.36 bits per heavy atom. The zero-order valence-corrected chi connectivity index (χ0v) is 17.6. The Bertz CT molecular complexity index is 947. The number of carbonyl (C=O) groups excluding carboxylic acids is 1. The van der Waals surface area contributed by atoms with Crippen molar-refractivity contribution in [2.45, 2.75) is 71.6 Å². The molecule has 1 saturated heterocycles. The highest BCUT2D eigenvalue weighted by Gasteiger charge is 2.50. The highest BCUT2D eigenvalue weighted by atomic mass is 16.7. The van der Waals surface area contributed by atoms with E-state index in [1.165, 1.54) is 4.57 Å². The first-order valence-corrected chi connectivity index (χ1v) is 9.46. The van der Waals surface area contributed by atoms with Gasteiger partial charge in [-0.25, -0.2) is 4.79 Å². The van der Waals surface area contributed by atoms with Crippen molar-refractivity contribution >= 4 is 24.1 Å². The Balaban J connectivity index is 1.92. The molecule has 1 aromatic carbocycles. The lowest BCUT2D eigenvalue weighted by Crippen LogP contribution is -2.41. The molecule has 6 nitrogen and oxygen atoms in total. The average molecular weight is 382 g/mol. The number of hydrogen-bond donors (Lipinski definition) is 0. The van der Waals surface area contributed by atoms with E-state index in [2.05, 4.69) is 6.07 Å². The number of hydrogen-bond acceptors (Lipinski definition) is 5. The van der Waals surface area contributed by atoms with Crippen LogP contribution in [0.15, 0.2) is 24.4 Å². The van der Waals surface area contributed by atoms with Gasteiger partial charge in [0.05, 0.1) is 22.3 Å². The first kappa shape index (κ1) is 20.4. The Labute approximate surface area is 166 Å². The predicted octanol–water partition coefficient (Wildman–Crippen LogP) is 4.47. The molecule has 148 valence electrons. The number of rotatable bonds is 2. The lowest BCUT2D eigenvalue weighted by Gasteiger charge is -2.32. The van der Waals surface area contributed by atoms with Gasteiger partial charge in [0.1, 0.15) is 11.7 Å². The van der Waals surface area contributed by atoms with Crippen LogP contribution in [0.1, 0.15) is 59.6 Å². The Morgan fingerprint density at radius 1 is 1.21 bits per heavy atom. The predicted molar refractivity (Wildman–Crippen MR) is 108 cm³/mol. The fourth-order valence-electron chi connectivity index (χ4n) is 3.25. The lowest BCUT2D eigenvalue weighted by molar-refractivity contribution is 0.00578. The second-order valence-corrected chi connectivity index (χ2v) is 9.25. The summed E-state index contributed by atoms with van der Waals surface area (Å²) in [5.41, 5.74) is 0.468. The molecule has 7 heteroatoms. The van der Waals surface area contributed by atoms with Crippen LogP contribution in [-0.4, -0.2) is 34.6 Å². The van der Waals surface area contributed by atoms with Crippen molar-refractivity contribution in [1.82, 2.24) is 4.57 Å². The zero-order valence-electron chi connectivity index (χ0n) is 17.6. The summed E-state index contributed by atoms with van der Waals surface area (Å²) in [5, 5.41) is 10.5. The molecule has 2 heterocycles. The van der Waals surface area contributed by atoms with Crippen molar-refractivity contribution in [3.05, 3.63) is 35.5 Å². The van der Waals surface area contributed by atoms with Gasteiger partial charge in [-0.15, -0.1) is 0 Å². The third-order valence-corrected chi connectivity index (χ3v) is 5.26. The molecule has 0 spiro atoms. The van der Waals surface area contributed by atoms with E-state index < -0.39 is 22.9 Å². The minimum Gasteiger partial charge on any atom is -0.443 e. The maximum Gasteiger partial charge on any atom is 0.462 e. The summed E-state index contributed by atoms with van der Waals surface area (Å²) in [6, 6.07) is 7.76. The van der Waals surface area contributed by atoms with Crippen molar-refractivity contribution < 1.29 is 18.8 Å². The van der Waals surface area contributed by atoms with Gasteiger partial charge in [-0.05, 0) is 66.2 Å². The summed E-state index contributed by atoms with van der Waals surface area (Å²) in [6.45, 7) is 13.5. The maximum absolute atomic E-state index is 12.5. The largest absolute Gasteiger partial charge is 0.462 e. The molecule has 3 rings (SSSR count). The van der Waals surface area contributed by atoms with Crippen LogP contribution in [0.4, 0.5) is 4.79 Å². The summed E-state index contributed by atoms with van der Waals surface area (Å²) >= 11 is 0. The van der Waals surface area contributed by atoms with Crippen LogP contribution in [0.25, 0.3) is 10.9 Å². The quantitative estimate of drug-likeness (QED) is 0.717. The zero-order chi connectivity index (χ0) is 20.9. The number of nitrogens with zero attached hydrogens (tertiary/aromatic N) is 2. The van der Waals surface area contributed by atoms with E-state index in [0.717, 1.165) is 10.9 Å². The topological polar surface area (TPSA) is 73.5 Å². The molecule has 1 aliphatic rings. The second-order valence-electron chi connectivity index (χ2n) is 9.25. The number of carbonyl (C=O) groups is 1. The minimum absolute atomic E-state index is 0.387. The standard InChI is InChI=1S/C21H27BN2O4/c1-19(2,3)26-18(25)24-9-8-15-10-14(11-16(13-23)17(15)24)12-22-27-20(4,5)21(6,7)28-22/h8-11H,12H2,1-7H3. The van der Waals surface area contributed by atoms with E-state index in [1.54, 1.807) is 12.3 Å². The normalized spacial score (nSPS) is 18.3. The Hall–Kier alpha value is -2.30. The van der Waals surface area contributed by atoms with Crippen molar-refractivity contribution in [2.75, 3.05) is 0 Å². The fourth-order valence-corrected chi connectivity index (χ4v) is 3.25. The van der Waals surface area contributed by atoms with Gasteiger partial charge in [-0.3, -0.25) is 4.57 Å². The molecule has 0 atom stereocenters. The minimum atomic E-state index is -0.614. The van der Waals surface area contributed by atoms with Gasteiger partial charge in [-0.2, -0.15) is 5.26 Å². The lowest BCUT2D eigenvalue weighted by atomic mass is 9.80. The van der Waals surface area contributed by atoms with Gasteiger partial charge >= 0.3 is 13.2 Å². The highest BCUT2D eigenvalue weighted by molar-refractivity contribution is 6.45. The number of fused-ring (bicyclic) bond motifs is 1. The highest BCUT2D eigenvalue weighted by Crippen LogP contribution is 2.37. The molecular weight excluding hydrogens is 355 g/mol. The Morgan fingerprint density at radius 2 is 1.82 bits per heavy atom. The smallest absolute Gasteiger partial charge is 0.443 e. The number of aromatic nitrogens is 1. The van der Waals surface area contributed by atoms with E-state index >= 15 is 0 Å². The van der Waals surface area contributed by atoms with Gasteiger partial charge in [0.2, 0.25) is 0 Å². The van der Waals surface area contributed by atoms with Crippen molar-refractivity contribution in [1.29, 1.82) is 5.26 Å². The molecule has 0 amide bonds. The van der Waals surface area contributed by atoms with Crippen LogP contribution in [-0.2, 0) is 20.4 Å². The molecule has 1 aromatic heterocycles. The molecule has 0 aliphatic carbocycles. The molecular formula is C21H27BN2O4. The van der Waals surface area contributed by atoms with Crippen molar-refractivity contribution in [2.24, 2.45) is 0 Å². The van der Waals surface area contributed by atoms with E-state index in [4.69, 9.17) is 14.0 Å². The SMILES string of the molecule is CC(C)(C)OC(=O)n1ccc2cc(CB3OC(C)(C)C(C)(C)O3)cc(C#N)c21. The van der Waals surface area contributed by atoms with E-state index in [1.807, 2.05) is 60.6 Å². The molecule has 0 N–H and O–H groups in total. The molecule has 0 bridgehead atoms. The number of ether oxygens (including phenoxy) is 1. The van der Waals surface area contributed by atoms with Crippen LogP contribution in [0, 0.1) is 11.3 Å². The molecule has 1 fully saturated rings. The molecule has 1 aliphatic heterocycles. The van der Waals surface area contributed by atoms with Crippen LogP contribution < -0.4 is 0 Å². The third-order valence-electron chi connectivity index (χ3n) is 5.26. The van der Waals surface area contributed by atoms with Crippen LogP contribution in [0.5, 0.6) is 0 Å². The molecule has 28 heavy (non-hydrogen) atoms. The summed E-state index contributed by atoms with van der Waals surface area (Å²) in [6.07, 6.45) is 1.66. The maximum atomic E-state index is 12.5. The molecule has 0 radical (unpaired) electrons. The first-order chi connectivity index (χ1) is 12.8. The molecule has 0 saturated carbocycles. The summed E-state index contributed by atoms with van der Waals surface area (Å²) in [7, 11) is -0.387. The van der Waals surface area contributed by atoms with E-state index in [9.17, 15) is 10.1 Å².